The van der Waals surface area contributed by atoms with Crippen LogP contribution < -0.4 is 10.0 Å². The first-order chi connectivity index (χ1) is 15.6. The van der Waals surface area contributed by atoms with Crippen LogP contribution in [0.4, 0.5) is 18.9 Å². The summed E-state index contributed by atoms with van der Waals surface area (Å²) < 4.78 is 68.1. The zero-order valence-electron chi connectivity index (χ0n) is 17.3. The molecular formula is C22H21F3N2O4S2. The molecule has 0 spiro atoms. The van der Waals surface area contributed by atoms with Crippen molar-refractivity contribution in [1.29, 1.82) is 0 Å². The van der Waals surface area contributed by atoms with E-state index in [1.54, 1.807) is 60.0 Å². The monoisotopic (exact) mass is 498 g/mol. The van der Waals surface area contributed by atoms with Gasteiger partial charge in [-0.3, -0.25) is 9.52 Å². The van der Waals surface area contributed by atoms with E-state index in [0.717, 1.165) is 16.9 Å². The van der Waals surface area contributed by atoms with Crippen molar-refractivity contribution in [2.24, 2.45) is 0 Å². The molecule has 3 aromatic rings. The number of ether oxygens (including phenoxy) is 1. The average Bonchev–Trinajstić information content (AvgIpc) is 3.30. The minimum Gasteiger partial charge on any atom is -0.367 e. The number of hydrogen-bond donors (Lipinski definition) is 2. The molecule has 0 saturated carbocycles. The molecule has 0 aliphatic carbocycles. The quantitative estimate of drug-likeness (QED) is 0.432. The number of carbonyl (C=O) groups excluding carboxylic acids is 1. The maximum Gasteiger partial charge on any atom is 0.411 e. The van der Waals surface area contributed by atoms with Gasteiger partial charge in [0.15, 0.2) is 0 Å². The van der Waals surface area contributed by atoms with Crippen LogP contribution in [0, 0.1) is 0 Å². The van der Waals surface area contributed by atoms with Crippen LogP contribution in [0.2, 0.25) is 0 Å². The smallest absolute Gasteiger partial charge is 0.367 e. The molecular weight excluding hydrogens is 477 g/mol. The summed E-state index contributed by atoms with van der Waals surface area (Å²) in [5, 5.41) is 4.45. The van der Waals surface area contributed by atoms with E-state index < -0.39 is 22.8 Å². The van der Waals surface area contributed by atoms with Gasteiger partial charge in [-0.25, -0.2) is 8.42 Å². The Labute approximate surface area is 193 Å². The van der Waals surface area contributed by atoms with Crippen LogP contribution in [-0.4, -0.2) is 27.1 Å². The predicted molar refractivity (Wildman–Crippen MR) is 119 cm³/mol. The van der Waals surface area contributed by atoms with Gasteiger partial charge >= 0.3 is 6.18 Å². The number of rotatable bonds is 10. The molecule has 0 fully saturated rings. The third-order valence-electron chi connectivity index (χ3n) is 4.38. The summed E-state index contributed by atoms with van der Waals surface area (Å²) in [7, 11) is -3.63. The lowest BCUT2D eigenvalue weighted by Gasteiger charge is -2.09. The molecule has 0 saturated heterocycles. The molecule has 2 aromatic carbocycles. The number of anilines is 1. The maximum atomic E-state index is 12.2. The van der Waals surface area contributed by atoms with Gasteiger partial charge in [0.1, 0.15) is 10.8 Å². The molecule has 1 amide bonds. The second-order valence-corrected chi connectivity index (χ2v) is 9.97. The molecule has 6 nitrogen and oxygen atoms in total. The first-order valence-corrected chi connectivity index (χ1v) is 12.1. The summed E-state index contributed by atoms with van der Waals surface area (Å²) in [6.07, 6.45) is -4.25. The highest BCUT2D eigenvalue weighted by molar-refractivity contribution is 7.94. The van der Waals surface area contributed by atoms with Crippen LogP contribution in [0.15, 0.2) is 70.3 Å². The number of amides is 1. The van der Waals surface area contributed by atoms with Gasteiger partial charge in [0.05, 0.1) is 13.0 Å². The Morgan fingerprint density at radius 2 is 1.58 bits per heavy atom. The Bertz CT molecular complexity index is 1150. The fourth-order valence-corrected chi connectivity index (χ4v) is 4.85. The van der Waals surface area contributed by atoms with Crippen LogP contribution in [0.1, 0.15) is 16.7 Å². The van der Waals surface area contributed by atoms with E-state index in [4.69, 9.17) is 0 Å². The summed E-state index contributed by atoms with van der Waals surface area (Å²) in [6.45, 7) is -1.18. The van der Waals surface area contributed by atoms with Crippen LogP contribution in [-0.2, 0) is 39.1 Å². The molecule has 0 aliphatic rings. The molecule has 0 radical (unpaired) electrons. The van der Waals surface area contributed by atoms with Gasteiger partial charge in [-0.1, -0.05) is 42.5 Å². The van der Waals surface area contributed by atoms with E-state index in [0.29, 0.717) is 16.8 Å². The predicted octanol–water partition coefficient (Wildman–Crippen LogP) is 4.49. The van der Waals surface area contributed by atoms with Crippen LogP contribution in [0.5, 0.6) is 0 Å². The average molecular weight is 499 g/mol. The molecule has 0 bridgehead atoms. The molecule has 1 heterocycles. The number of benzene rings is 2. The van der Waals surface area contributed by atoms with Gasteiger partial charge in [-0.2, -0.15) is 13.2 Å². The minimum absolute atomic E-state index is 0.112. The molecule has 33 heavy (non-hydrogen) atoms. The first kappa shape index (κ1) is 24.7. The lowest BCUT2D eigenvalue weighted by molar-refractivity contribution is -0.176. The van der Waals surface area contributed by atoms with Gasteiger partial charge in [-0.15, -0.1) is 11.3 Å². The molecule has 0 aliphatic heterocycles. The lowest BCUT2D eigenvalue weighted by atomic mass is 10.1. The Balaban J connectivity index is 1.44. The molecule has 11 heteroatoms. The van der Waals surface area contributed by atoms with E-state index in [1.807, 2.05) is 0 Å². The summed E-state index contributed by atoms with van der Waals surface area (Å²) in [4.78, 5) is 12.2. The zero-order valence-corrected chi connectivity index (χ0v) is 18.9. The molecule has 176 valence electrons. The fraction of sp³-hybridized carbons (Fsp3) is 0.227. The molecule has 2 N–H and O–H groups in total. The molecule has 3 rings (SSSR count). The van der Waals surface area contributed by atoms with Crippen LogP contribution in [0.25, 0.3) is 0 Å². The van der Waals surface area contributed by atoms with Gasteiger partial charge in [-0.05, 0) is 40.3 Å². The summed E-state index contributed by atoms with van der Waals surface area (Å²) in [5.74, 6) is -0.223. The van der Waals surface area contributed by atoms with Crippen molar-refractivity contribution in [3.05, 3.63) is 82.7 Å². The number of carbonyl (C=O) groups is 1. The Morgan fingerprint density at radius 3 is 2.18 bits per heavy atom. The van der Waals surface area contributed by atoms with E-state index in [1.165, 1.54) is 6.07 Å². The van der Waals surface area contributed by atoms with Gasteiger partial charge in [0, 0.05) is 12.2 Å². The first-order valence-electron chi connectivity index (χ1n) is 9.75. The number of hydrogen-bond acceptors (Lipinski definition) is 5. The van der Waals surface area contributed by atoms with Crippen molar-refractivity contribution < 1.29 is 31.1 Å². The fourth-order valence-electron chi connectivity index (χ4n) is 2.80. The van der Waals surface area contributed by atoms with Crippen molar-refractivity contribution >= 4 is 33.0 Å². The van der Waals surface area contributed by atoms with Gasteiger partial charge < -0.3 is 10.1 Å². The second kappa shape index (κ2) is 10.8. The molecule has 1 aromatic heterocycles. The highest BCUT2D eigenvalue weighted by Gasteiger charge is 2.27. The normalized spacial score (nSPS) is 11.8. The second-order valence-electron chi connectivity index (χ2n) is 7.11. The van der Waals surface area contributed by atoms with Crippen molar-refractivity contribution in [3.63, 3.8) is 0 Å². The summed E-state index contributed by atoms with van der Waals surface area (Å²) >= 11 is 1.12. The number of thiophene rings is 1. The molecule has 0 atom stereocenters. The maximum absolute atomic E-state index is 12.2. The van der Waals surface area contributed by atoms with Crippen molar-refractivity contribution in [3.8, 4) is 0 Å². The standard InChI is InChI=1S/C22H21F3N2O4S2/c23-22(24,25)15-31-14-18-5-3-17(4-6-18)13-26-20(28)12-16-7-9-19(10-8-16)27-33(29,30)21-2-1-11-32-21/h1-11,27H,12-15H2,(H,26,28). The number of sulfonamides is 1. The van der Waals surface area contributed by atoms with Gasteiger partial charge in [0.25, 0.3) is 10.0 Å². The highest BCUT2D eigenvalue weighted by Crippen LogP contribution is 2.20. The van der Waals surface area contributed by atoms with Crippen molar-refractivity contribution in [2.75, 3.05) is 11.3 Å². The third-order valence-corrected chi connectivity index (χ3v) is 7.16. The topological polar surface area (TPSA) is 84.5 Å². The van der Waals surface area contributed by atoms with Crippen LogP contribution in [0.3, 0.4) is 0 Å². The third kappa shape index (κ3) is 8.19. The minimum atomic E-state index is -4.36. The Kier molecular flexibility index (Phi) is 8.11. The Morgan fingerprint density at radius 1 is 0.939 bits per heavy atom. The highest BCUT2D eigenvalue weighted by atomic mass is 32.2. The van der Waals surface area contributed by atoms with Crippen LogP contribution >= 0.6 is 11.3 Å². The summed E-state index contributed by atoms with van der Waals surface area (Å²) in [5.41, 5.74) is 2.50. The lowest BCUT2D eigenvalue weighted by Crippen LogP contribution is -2.24. The van der Waals surface area contributed by atoms with E-state index in [-0.39, 0.29) is 29.7 Å². The largest absolute Gasteiger partial charge is 0.411 e. The van der Waals surface area contributed by atoms with Gasteiger partial charge in [0.2, 0.25) is 5.91 Å². The Hall–Kier alpha value is -2.89. The number of halogens is 3. The zero-order chi connectivity index (χ0) is 23.9. The van der Waals surface area contributed by atoms with E-state index in [9.17, 15) is 26.4 Å². The molecule has 0 unspecified atom stereocenters. The van der Waals surface area contributed by atoms with E-state index >= 15 is 0 Å². The van der Waals surface area contributed by atoms with Crippen molar-refractivity contribution in [2.45, 2.75) is 30.0 Å². The summed E-state index contributed by atoms with van der Waals surface area (Å²) in [6, 6.07) is 16.4. The van der Waals surface area contributed by atoms with Crippen molar-refractivity contribution in [1.82, 2.24) is 5.32 Å². The van der Waals surface area contributed by atoms with E-state index in [2.05, 4.69) is 14.8 Å². The number of nitrogens with one attached hydrogen (secondary N) is 2. The SMILES string of the molecule is O=C(Cc1ccc(NS(=O)(=O)c2cccs2)cc1)NCc1ccc(COCC(F)(F)F)cc1. The number of alkyl halides is 3.